The van der Waals surface area contributed by atoms with Crippen LogP contribution in [-0.4, -0.2) is 17.6 Å². The van der Waals surface area contributed by atoms with Crippen LogP contribution >= 0.6 is 11.8 Å². The summed E-state index contributed by atoms with van der Waals surface area (Å²) in [5.74, 6) is -0.825. The molecular formula is C12H16N2O2S. The Morgan fingerprint density at radius 1 is 1.24 bits per heavy atom. The quantitative estimate of drug-likeness (QED) is 0.791. The first-order chi connectivity index (χ1) is 8.03. The average molecular weight is 252 g/mol. The van der Waals surface area contributed by atoms with Gasteiger partial charge in [-0.1, -0.05) is 37.3 Å². The van der Waals surface area contributed by atoms with Crippen molar-refractivity contribution < 1.29 is 9.59 Å². The Kier molecular flexibility index (Phi) is 4.57. The second-order valence-corrected chi connectivity index (χ2v) is 4.94. The van der Waals surface area contributed by atoms with Gasteiger partial charge in [0, 0.05) is 0 Å². The Morgan fingerprint density at radius 2 is 1.82 bits per heavy atom. The fourth-order valence-corrected chi connectivity index (χ4v) is 2.72. The van der Waals surface area contributed by atoms with E-state index in [4.69, 9.17) is 11.5 Å². The zero-order valence-corrected chi connectivity index (χ0v) is 10.5. The molecule has 0 saturated carbocycles. The lowest BCUT2D eigenvalue weighted by Gasteiger charge is -2.28. The van der Waals surface area contributed by atoms with Crippen LogP contribution in [-0.2, 0) is 14.3 Å². The normalized spacial score (nSPS) is 13.9. The van der Waals surface area contributed by atoms with Crippen LogP contribution in [0, 0.1) is 0 Å². The van der Waals surface area contributed by atoms with Crippen LogP contribution in [0.1, 0.15) is 18.9 Å². The first kappa shape index (κ1) is 13.6. The van der Waals surface area contributed by atoms with E-state index in [0.717, 1.165) is 5.56 Å². The Hall–Kier alpha value is -1.49. The van der Waals surface area contributed by atoms with Crippen molar-refractivity contribution in [3.63, 3.8) is 0 Å². The Bertz CT molecular complexity index is 408. The number of primary amides is 2. The molecule has 0 aliphatic carbocycles. The zero-order valence-electron chi connectivity index (χ0n) is 9.68. The Morgan fingerprint density at radius 3 is 2.24 bits per heavy atom. The molecular weight excluding hydrogens is 236 g/mol. The van der Waals surface area contributed by atoms with Crippen LogP contribution in [0.3, 0.4) is 0 Å². The van der Waals surface area contributed by atoms with Gasteiger partial charge in [-0.3, -0.25) is 9.59 Å². The van der Waals surface area contributed by atoms with Crippen LogP contribution in [0.5, 0.6) is 0 Å². The van der Waals surface area contributed by atoms with E-state index in [0.29, 0.717) is 6.42 Å². The molecule has 92 valence electrons. The number of nitrogens with two attached hydrogens (primary N) is 2. The number of thioether (sulfide) groups is 1. The van der Waals surface area contributed by atoms with Gasteiger partial charge in [0.1, 0.15) is 4.75 Å². The van der Waals surface area contributed by atoms with E-state index < -0.39 is 16.6 Å². The van der Waals surface area contributed by atoms with Gasteiger partial charge in [0.05, 0.1) is 5.75 Å². The molecule has 5 heteroatoms. The van der Waals surface area contributed by atoms with Crippen molar-refractivity contribution >= 4 is 23.6 Å². The van der Waals surface area contributed by atoms with Crippen molar-refractivity contribution in [1.29, 1.82) is 0 Å². The molecule has 0 radical (unpaired) electrons. The summed E-state index contributed by atoms with van der Waals surface area (Å²) in [6.07, 6.45) is 0.518. The molecule has 17 heavy (non-hydrogen) atoms. The predicted octanol–water partition coefficient (Wildman–Crippen LogP) is 0.996. The molecule has 1 unspecified atom stereocenters. The van der Waals surface area contributed by atoms with E-state index in [2.05, 4.69) is 0 Å². The van der Waals surface area contributed by atoms with E-state index in [1.54, 1.807) is 0 Å². The molecule has 1 atom stereocenters. The van der Waals surface area contributed by atoms with E-state index >= 15 is 0 Å². The summed E-state index contributed by atoms with van der Waals surface area (Å²) in [5, 5.41) is 0. The van der Waals surface area contributed by atoms with Crippen LogP contribution in [0.15, 0.2) is 30.3 Å². The van der Waals surface area contributed by atoms with Crippen LogP contribution in [0.2, 0.25) is 0 Å². The number of rotatable bonds is 6. The topological polar surface area (TPSA) is 86.2 Å². The first-order valence-corrected chi connectivity index (χ1v) is 6.29. The van der Waals surface area contributed by atoms with E-state index in [1.165, 1.54) is 11.8 Å². The van der Waals surface area contributed by atoms with Crippen LogP contribution in [0.25, 0.3) is 0 Å². The van der Waals surface area contributed by atoms with Crippen LogP contribution in [0.4, 0.5) is 0 Å². The fourth-order valence-electron chi connectivity index (χ4n) is 1.68. The molecule has 0 aliphatic rings. The van der Waals surface area contributed by atoms with Gasteiger partial charge in [0.15, 0.2) is 0 Å². The van der Waals surface area contributed by atoms with E-state index in [9.17, 15) is 9.59 Å². The highest BCUT2D eigenvalue weighted by Gasteiger charge is 2.37. The molecule has 1 aromatic rings. The first-order valence-electron chi connectivity index (χ1n) is 5.30. The maximum absolute atomic E-state index is 11.7. The molecule has 0 spiro atoms. The lowest BCUT2D eigenvalue weighted by Crippen LogP contribution is -2.39. The standard InChI is InChI=1S/C12H16N2O2S/c1-2-12(11(14)16,17-8-10(13)15)9-6-4-3-5-7-9/h3-7H,2,8H2,1H3,(H2,13,15)(H2,14,16). The van der Waals surface area contributed by atoms with Gasteiger partial charge in [-0.25, -0.2) is 0 Å². The van der Waals surface area contributed by atoms with Crippen molar-refractivity contribution in [2.45, 2.75) is 18.1 Å². The van der Waals surface area contributed by atoms with Crippen molar-refractivity contribution in [2.75, 3.05) is 5.75 Å². The molecule has 0 saturated heterocycles. The van der Waals surface area contributed by atoms with Crippen LogP contribution < -0.4 is 11.5 Å². The lowest BCUT2D eigenvalue weighted by molar-refractivity contribution is -0.120. The Labute approximate surface area is 105 Å². The summed E-state index contributed by atoms with van der Waals surface area (Å²) in [6, 6.07) is 9.22. The van der Waals surface area contributed by atoms with E-state index in [1.807, 2.05) is 37.3 Å². The minimum Gasteiger partial charge on any atom is -0.369 e. The van der Waals surface area contributed by atoms with Gasteiger partial charge < -0.3 is 11.5 Å². The van der Waals surface area contributed by atoms with E-state index in [-0.39, 0.29) is 5.75 Å². The number of hydrogen-bond acceptors (Lipinski definition) is 3. The second-order valence-electron chi connectivity index (χ2n) is 3.67. The van der Waals surface area contributed by atoms with Crippen molar-refractivity contribution in [1.82, 2.24) is 0 Å². The summed E-state index contributed by atoms with van der Waals surface area (Å²) in [5.41, 5.74) is 11.4. The SMILES string of the molecule is CCC(SCC(N)=O)(C(N)=O)c1ccccc1. The lowest BCUT2D eigenvalue weighted by atomic mass is 9.95. The number of amides is 2. The summed E-state index contributed by atoms with van der Waals surface area (Å²) < 4.78 is -0.879. The third-order valence-corrected chi connectivity index (χ3v) is 4.24. The zero-order chi connectivity index (χ0) is 12.9. The monoisotopic (exact) mass is 252 g/mol. The second kappa shape index (κ2) is 5.72. The summed E-state index contributed by atoms with van der Waals surface area (Å²) in [4.78, 5) is 22.6. The molecule has 4 nitrogen and oxygen atoms in total. The van der Waals surface area contributed by atoms with Gasteiger partial charge in [-0.15, -0.1) is 11.8 Å². The molecule has 0 heterocycles. The molecule has 2 amide bonds. The van der Waals surface area contributed by atoms with Gasteiger partial charge in [-0.2, -0.15) is 0 Å². The third-order valence-electron chi connectivity index (χ3n) is 2.60. The molecule has 1 rings (SSSR count). The largest absolute Gasteiger partial charge is 0.369 e. The summed E-state index contributed by atoms with van der Waals surface area (Å²) in [6.45, 7) is 1.87. The smallest absolute Gasteiger partial charge is 0.238 e. The van der Waals surface area contributed by atoms with Gasteiger partial charge in [-0.05, 0) is 12.0 Å². The van der Waals surface area contributed by atoms with Crippen molar-refractivity contribution in [2.24, 2.45) is 11.5 Å². The Balaban J connectivity index is 3.09. The molecule has 0 fully saturated rings. The maximum atomic E-state index is 11.7. The van der Waals surface area contributed by atoms with Crippen molar-refractivity contribution in [3.8, 4) is 0 Å². The highest BCUT2D eigenvalue weighted by molar-refractivity contribution is 8.01. The molecule has 0 bridgehead atoms. The summed E-state index contributed by atoms with van der Waals surface area (Å²) >= 11 is 1.19. The van der Waals surface area contributed by atoms with Gasteiger partial charge in [0.25, 0.3) is 0 Å². The minimum atomic E-state index is -0.879. The molecule has 0 aromatic heterocycles. The number of hydrogen-bond donors (Lipinski definition) is 2. The minimum absolute atomic E-state index is 0.0751. The van der Waals surface area contributed by atoms with Gasteiger partial charge >= 0.3 is 0 Å². The molecule has 1 aromatic carbocycles. The molecule has 0 aliphatic heterocycles. The van der Waals surface area contributed by atoms with Gasteiger partial charge in [0.2, 0.25) is 11.8 Å². The number of carbonyl (C=O) groups is 2. The number of benzene rings is 1. The fraction of sp³-hybridized carbons (Fsp3) is 0.333. The third kappa shape index (κ3) is 3.00. The highest BCUT2D eigenvalue weighted by Crippen LogP contribution is 2.39. The van der Waals surface area contributed by atoms with Crippen molar-refractivity contribution in [3.05, 3.63) is 35.9 Å². The number of carbonyl (C=O) groups excluding carboxylic acids is 2. The summed E-state index contributed by atoms with van der Waals surface area (Å²) in [7, 11) is 0. The maximum Gasteiger partial charge on any atom is 0.238 e. The molecule has 4 N–H and O–H groups in total. The predicted molar refractivity (Wildman–Crippen MR) is 69.3 cm³/mol. The average Bonchev–Trinajstić information content (AvgIpc) is 2.31. The highest BCUT2D eigenvalue weighted by atomic mass is 32.2.